The first kappa shape index (κ1) is 21.3. The lowest BCUT2D eigenvalue weighted by molar-refractivity contribution is -0.151. The van der Waals surface area contributed by atoms with Crippen molar-refractivity contribution in [2.45, 2.75) is 52.6 Å². The van der Waals surface area contributed by atoms with E-state index in [1.807, 2.05) is 45.2 Å². The van der Waals surface area contributed by atoms with Gasteiger partial charge in [0.05, 0.1) is 24.7 Å². The molecule has 0 saturated carbocycles. The lowest BCUT2D eigenvalue weighted by atomic mass is 9.70. The summed E-state index contributed by atoms with van der Waals surface area (Å²) in [5.74, 6) is -2.85. The van der Waals surface area contributed by atoms with Crippen molar-refractivity contribution in [2.24, 2.45) is 11.8 Å². The van der Waals surface area contributed by atoms with Gasteiger partial charge in [0.15, 0.2) is 5.78 Å². The smallest absolute Gasteiger partial charge is 0.337 e. The van der Waals surface area contributed by atoms with Gasteiger partial charge in [0.25, 0.3) is 0 Å². The van der Waals surface area contributed by atoms with Gasteiger partial charge >= 0.3 is 11.9 Å². The zero-order valence-corrected chi connectivity index (χ0v) is 18.2. The fourth-order valence-corrected chi connectivity index (χ4v) is 4.86. The third-order valence-corrected chi connectivity index (χ3v) is 6.61. The highest BCUT2D eigenvalue weighted by Gasteiger charge is 2.47. The number of nitrogens with one attached hydrogen (secondary N) is 1. The van der Waals surface area contributed by atoms with Crippen molar-refractivity contribution in [3.8, 4) is 0 Å². The Morgan fingerprint density at radius 3 is 2.69 bits per heavy atom. The van der Waals surface area contributed by atoms with Gasteiger partial charge in [0.1, 0.15) is 5.92 Å². The molecule has 156 valence electrons. The fraction of sp³-hybridized carbons (Fsp3) is 0.500. The maximum Gasteiger partial charge on any atom is 0.337 e. The van der Waals surface area contributed by atoms with E-state index in [4.69, 9.17) is 9.47 Å². The van der Waals surface area contributed by atoms with Crippen molar-refractivity contribution in [3.05, 3.63) is 44.9 Å². The van der Waals surface area contributed by atoms with E-state index in [-0.39, 0.29) is 17.8 Å². The number of dihydropyridines is 1. The van der Waals surface area contributed by atoms with Gasteiger partial charge < -0.3 is 14.8 Å². The van der Waals surface area contributed by atoms with Crippen LogP contribution in [0.15, 0.2) is 40.1 Å². The molecule has 2 aliphatic rings. The average Bonchev–Trinajstić information content (AvgIpc) is 3.20. The Labute approximate surface area is 175 Å². The molecule has 0 amide bonds. The zero-order chi connectivity index (χ0) is 21.3. The number of esters is 2. The molecule has 1 aromatic rings. The van der Waals surface area contributed by atoms with Gasteiger partial charge in [-0.3, -0.25) is 9.59 Å². The molecule has 29 heavy (non-hydrogen) atoms. The summed E-state index contributed by atoms with van der Waals surface area (Å²) in [6.07, 6.45) is 1.00. The molecule has 0 unspecified atom stereocenters. The monoisotopic (exact) mass is 417 g/mol. The van der Waals surface area contributed by atoms with E-state index in [9.17, 15) is 14.4 Å². The van der Waals surface area contributed by atoms with Crippen LogP contribution in [-0.4, -0.2) is 30.9 Å². The molecule has 3 rings (SSSR count). The number of allylic oxidation sites excluding steroid dienone is 3. The summed E-state index contributed by atoms with van der Waals surface area (Å²) < 4.78 is 10.5. The lowest BCUT2D eigenvalue weighted by Gasteiger charge is -2.38. The van der Waals surface area contributed by atoms with Crippen LogP contribution in [0.25, 0.3) is 0 Å². The molecule has 0 aromatic carbocycles. The second-order valence-electron chi connectivity index (χ2n) is 7.67. The van der Waals surface area contributed by atoms with Crippen molar-refractivity contribution in [3.63, 3.8) is 0 Å². The first-order chi connectivity index (χ1) is 13.8. The van der Waals surface area contributed by atoms with E-state index in [2.05, 4.69) is 5.32 Å². The first-order valence-electron chi connectivity index (χ1n) is 9.87. The van der Waals surface area contributed by atoms with E-state index in [1.165, 1.54) is 18.4 Å². The molecule has 0 radical (unpaired) electrons. The van der Waals surface area contributed by atoms with Crippen LogP contribution in [0.1, 0.15) is 51.3 Å². The predicted molar refractivity (Wildman–Crippen MR) is 110 cm³/mol. The number of ether oxygens (including phenoxy) is 2. The fourth-order valence-electron chi connectivity index (χ4n) is 4.02. The molecule has 0 fully saturated rings. The molecule has 1 aromatic heterocycles. The third-order valence-electron chi connectivity index (χ3n) is 5.67. The summed E-state index contributed by atoms with van der Waals surface area (Å²) in [4.78, 5) is 39.7. The number of thiophene rings is 1. The van der Waals surface area contributed by atoms with E-state index in [1.54, 1.807) is 0 Å². The highest BCUT2D eigenvalue weighted by Crippen LogP contribution is 2.46. The van der Waals surface area contributed by atoms with E-state index < -0.39 is 23.8 Å². The summed E-state index contributed by atoms with van der Waals surface area (Å²) in [5, 5.41) is 5.18. The lowest BCUT2D eigenvalue weighted by Crippen LogP contribution is -2.43. The first-order valence-corrected chi connectivity index (χ1v) is 10.7. The number of methoxy groups -OCH3 is 1. The number of carbonyl (C=O) groups excluding carboxylic acids is 3. The van der Waals surface area contributed by atoms with Crippen LogP contribution in [0.4, 0.5) is 0 Å². The minimum Gasteiger partial charge on any atom is -0.468 e. The van der Waals surface area contributed by atoms with Gasteiger partial charge in [-0.05, 0) is 44.1 Å². The van der Waals surface area contributed by atoms with Crippen molar-refractivity contribution in [1.29, 1.82) is 0 Å². The van der Waals surface area contributed by atoms with Gasteiger partial charge in [-0.25, -0.2) is 4.79 Å². The summed E-state index contributed by atoms with van der Waals surface area (Å²) >= 11 is 1.48. The molecular formula is C22H27NO5S. The number of carbonyl (C=O) groups is 3. The van der Waals surface area contributed by atoms with Crippen LogP contribution >= 0.6 is 11.3 Å². The van der Waals surface area contributed by atoms with Crippen LogP contribution in [0.2, 0.25) is 0 Å². The summed E-state index contributed by atoms with van der Waals surface area (Å²) in [5.41, 5.74) is 2.37. The van der Waals surface area contributed by atoms with Gasteiger partial charge in [-0.2, -0.15) is 0 Å². The third kappa shape index (κ3) is 3.88. The molecule has 0 bridgehead atoms. The number of hydrogen-bond donors (Lipinski definition) is 1. The van der Waals surface area contributed by atoms with Gasteiger partial charge in [0.2, 0.25) is 0 Å². The maximum atomic E-state index is 13.5. The van der Waals surface area contributed by atoms with Crippen LogP contribution in [0.5, 0.6) is 0 Å². The Hall–Kier alpha value is -2.41. The Morgan fingerprint density at radius 1 is 1.38 bits per heavy atom. The minimum atomic E-state index is -0.867. The summed E-state index contributed by atoms with van der Waals surface area (Å²) in [6, 6.07) is 3.80. The molecule has 2 heterocycles. The molecular weight excluding hydrogens is 390 g/mol. The van der Waals surface area contributed by atoms with Gasteiger partial charge in [-0.15, -0.1) is 11.3 Å². The van der Waals surface area contributed by atoms with Crippen molar-refractivity contribution in [1.82, 2.24) is 5.32 Å². The predicted octanol–water partition coefficient (Wildman–Crippen LogP) is 3.70. The van der Waals surface area contributed by atoms with Gasteiger partial charge in [0, 0.05) is 21.8 Å². The molecule has 7 heteroatoms. The topological polar surface area (TPSA) is 81.7 Å². The Bertz CT molecular complexity index is 883. The molecule has 4 atom stereocenters. The Kier molecular flexibility index (Phi) is 6.27. The molecule has 1 aliphatic heterocycles. The highest BCUT2D eigenvalue weighted by atomic mass is 32.1. The highest BCUT2D eigenvalue weighted by molar-refractivity contribution is 7.10. The Balaban J connectivity index is 2.10. The molecule has 1 N–H and O–H groups in total. The van der Waals surface area contributed by atoms with Gasteiger partial charge in [-0.1, -0.05) is 19.9 Å². The maximum absolute atomic E-state index is 13.5. The number of hydrogen-bond acceptors (Lipinski definition) is 7. The minimum absolute atomic E-state index is 0.188. The normalized spacial score (nSPS) is 25.3. The molecule has 0 spiro atoms. The second kappa shape index (κ2) is 8.53. The second-order valence-corrected chi connectivity index (χ2v) is 8.65. The molecule has 0 saturated heterocycles. The van der Waals surface area contributed by atoms with Crippen molar-refractivity contribution < 1.29 is 23.9 Å². The number of Topliss-reactive ketones (excluding diaryl/α,β-unsaturated/α-hetero) is 1. The number of ketones is 1. The SMILES string of the molecule is CC[C@H](C)OC(=O)C1=C(C)NC2=C(C(=O)[C@@H](C(=O)OC)[C@@H](C)C2)[C@H]1c1cccs1. The molecule has 6 nitrogen and oxygen atoms in total. The van der Waals surface area contributed by atoms with Crippen LogP contribution in [0, 0.1) is 11.8 Å². The molecule has 1 aliphatic carbocycles. The van der Waals surface area contributed by atoms with Crippen LogP contribution in [0.3, 0.4) is 0 Å². The van der Waals surface area contributed by atoms with Crippen molar-refractivity contribution >= 4 is 29.1 Å². The summed E-state index contributed by atoms with van der Waals surface area (Å²) in [7, 11) is 1.29. The Morgan fingerprint density at radius 2 is 2.10 bits per heavy atom. The van der Waals surface area contributed by atoms with Crippen molar-refractivity contribution in [2.75, 3.05) is 7.11 Å². The summed E-state index contributed by atoms with van der Waals surface area (Å²) in [6.45, 7) is 7.49. The van der Waals surface area contributed by atoms with Crippen LogP contribution in [-0.2, 0) is 23.9 Å². The largest absolute Gasteiger partial charge is 0.468 e. The zero-order valence-electron chi connectivity index (χ0n) is 17.4. The average molecular weight is 418 g/mol. The quantitative estimate of drug-likeness (QED) is 0.581. The van der Waals surface area contributed by atoms with Crippen LogP contribution < -0.4 is 5.32 Å². The number of rotatable bonds is 5. The van der Waals surface area contributed by atoms with E-state index >= 15 is 0 Å². The van der Waals surface area contributed by atoms with E-state index in [0.717, 1.165) is 10.6 Å². The van der Waals surface area contributed by atoms with E-state index in [0.29, 0.717) is 29.7 Å². The standard InChI is InChI=1S/C22H27NO5S/c1-6-12(3)28-22(26)17-13(4)23-14-10-11(2)16(21(25)27-5)20(24)18(14)19(17)15-8-7-9-29-15/h7-9,11-12,16,19,23H,6,10H2,1-5H3/t11-,12-,16-,19-/m0/s1.